The number of hydrogen-bond acceptors (Lipinski definition) is 4. The van der Waals surface area contributed by atoms with E-state index in [-0.39, 0.29) is 5.56 Å². The molecule has 1 N–H and O–H groups in total. The van der Waals surface area contributed by atoms with Gasteiger partial charge >= 0.3 is 5.97 Å². The zero-order valence-corrected chi connectivity index (χ0v) is 9.99. The van der Waals surface area contributed by atoms with Crippen molar-refractivity contribution in [2.24, 2.45) is 0 Å². The average molecular weight is 242 g/mol. The van der Waals surface area contributed by atoms with Crippen LogP contribution in [0.2, 0.25) is 0 Å². The third kappa shape index (κ3) is 2.74. The highest BCUT2D eigenvalue weighted by atomic mass is 19.1. The molecule has 1 aromatic carbocycles. The number of halogens is 1. The second-order valence-corrected chi connectivity index (χ2v) is 3.46. The molecule has 0 aliphatic heterocycles. The van der Waals surface area contributed by atoms with Crippen LogP contribution < -0.4 is 4.74 Å². The lowest BCUT2D eigenvalue weighted by molar-refractivity contribution is -0.150. The monoisotopic (exact) mass is 242 g/mol. The van der Waals surface area contributed by atoms with E-state index in [4.69, 9.17) is 4.74 Å². The molecule has 0 spiro atoms. The van der Waals surface area contributed by atoms with Gasteiger partial charge in [0, 0.05) is 17.2 Å². The Morgan fingerprint density at radius 3 is 2.59 bits per heavy atom. The molecule has 0 aliphatic carbocycles. The van der Waals surface area contributed by atoms with Crippen molar-refractivity contribution < 1.29 is 23.8 Å². The fourth-order valence-electron chi connectivity index (χ4n) is 1.67. The molecule has 0 amide bonds. The lowest BCUT2D eigenvalue weighted by Gasteiger charge is -2.16. The van der Waals surface area contributed by atoms with Gasteiger partial charge in [-0.15, -0.1) is 0 Å². The van der Waals surface area contributed by atoms with E-state index in [2.05, 4.69) is 4.74 Å². The van der Waals surface area contributed by atoms with Crippen LogP contribution in [0.25, 0.3) is 0 Å². The highest BCUT2D eigenvalue weighted by molar-refractivity contribution is 5.77. The second kappa shape index (κ2) is 5.63. The minimum Gasteiger partial charge on any atom is -0.496 e. The van der Waals surface area contributed by atoms with E-state index in [0.717, 1.165) is 13.2 Å². The topological polar surface area (TPSA) is 55.8 Å². The van der Waals surface area contributed by atoms with Crippen LogP contribution in [0.3, 0.4) is 0 Å². The molecule has 0 fully saturated rings. The number of methoxy groups -OCH3 is 2. The summed E-state index contributed by atoms with van der Waals surface area (Å²) in [6, 6.07) is 2.33. The summed E-state index contributed by atoms with van der Waals surface area (Å²) in [6.07, 6.45) is -0.994. The maximum Gasteiger partial charge on any atom is 0.339 e. The summed E-state index contributed by atoms with van der Waals surface area (Å²) in [4.78, 5) is 11.3. The first kappa shape index (κ1) is 13.4. The van der Waals surface area contributed by atoms with Gasteiger partial charge in [0.2, 0.25) is 0 Å². The smallest absolute Gasteiger partial charge is 0.339 e. The number of benzene rings is 1. The Kier molecular flexibility index (Phi) is 4.45. The number of aliphatic hydroxyl groups excluding tert-OH is 1. The zero-order valence-electron chi connectivity index (χ0n) is 9.99. The van der Waals surface area contributed by atoms with Crippen LogP contribution in [0.5, 0.6) is 5.75 Å². The number of hydrogen-bond donors (Lipinski definition) is 1. The first-order valence-corrected chi connectivity index (χ1v) is 5.17. The van der Waals surface area contributed by atoms with Crippen LogP contribution >= 0.6 is 0 Å². The van der Waals surface area contributed by atoms with E-state index in [1.807, 2.05) is 6.92 Å². The summed E-state index contributed by atoms with van der Waals surface area (Å²) >= 11 is 0. The summed E-state index contributed by atoms with van der Waals surface area (Å²) in [6.45, 7) is 1.82. The van der Waals surface area contributed by atoms with Crippen LogP contribution in [-0.4, -0.2) is 25.3 Å². The van der Waals surface area contributed by atoms with Gasteiger partial charge in [-0.2, -0.15) is 0 Å². The number of ether oxygens (including phenoxy) is 2. The first-order valence-electron chi connectivity index (χ1n) is 5.17. The van der Waals surface area contributed by atoms with Gasteiger partial charge < -0.3 is 14.6 Å². The molecule has 0 aromatic heterocycles. The van der Waals surface area contributed by atoms with Gasteiger partial charge in [-0.1, -0.05) is 6.92 Å². The van der Waals surface area contributed by atoms with Crippen LogP contribution in [-0.2, 0) is 16.0 Å². The van der Waals surface area contributed by atoms with Gasteiger partial charge in [0.25, 0.3) is 0 Å². The van der Waals surface area contributed by atoms with Gasteiger partial charge in [0.1, 0.15) is 11.6 Å². The molecule has 94 valence electrons. The molecule has 0 radical (unpaired) electrons. The van der Waals surface area contributed by atoms with E-state index >= 15 is 0 Å². The van der Waals surface area contributed by atoms with E-state index in [0.29, 0.717) is 17.7 Å². The minimum absolute atomic E-state index is 0.177. The Labute approximate surface area is 99.0 Å². The van der Waals surface area contributed by atoms with Crippen LogP contribution in [0.1, 0.15) is 24.2 Å². The van der Waals surface area contributed by atoms with Gasteiger partial charge in [0.05, 0.1) is 14.2 Å². The van der Waals surface area contributed by atoms with Crippen LogP contribution in [0, 0.1) is 5.82 Å². The fourth-order valence-corrected chi connectivity index (χ4v) is 1.67. The van der Waals surface area contributed by atoms with Crippen molar-refractivity contribution in [2.45, 2.75) is 19.4 Å². The van der Waals surface area contributed by atoms with Gasteiger partial charge in [0.15, 0.2) is 6.10 Å². The van der Waals surface area contributed by atoms with Gasteiger partial charge in [-0.05, 0) is 12.5 Å². The van der Waals surface area contributed by atoms with Crippen molar-refractivity contribution in [2.75, 3.05) is 14.2 Å². The molecule has 0 bridgehead atoms. The number of rotatable bonds is 4. The Morgan fingerprint density at radius 2 is 2.12 bits per heavy atom. The van der Waals surface area contributed by atoms with Crippen molar-refractivity contribution in [1.29, 1.82) is 0 Å². The maximum absolute atomic E-state index is 13.3. The van der Waals surface area contributed by atoms with Crippen molar-refractivity contribution in [3.05, 3.63) is 29.1 Å². The minimum atomic E-state index is -1.50. The number of carbonyl (C=O) groups excluding carboxylic acids is 1. The highest BCUT2D eigenvalue weighted by Gasteiger charge is 2.23. The molecule has 1 unspecified atom stereocenters. The summed E-state index contributed by atoms with van der Waals surface area (Å²) in [7, 11) is 2.57. The lowest BCUT2D eigenvalue weighted by atomic mass is 9.99. The molecule has 0 saturated carbocycles. The predicted octanol–water partition coefficient (Wildman–Crippen LogP) is 1.60. The predicted molar refractivity (Wildman–Crippen MR) is 59.3 cm³/mol. The Morgan fingerprint density at radius 1 is 1.47 bits per heavy atom. The van der Waals surface area contributed by atoms with Crippen molar-refractivity contribution in [3.8, 4) is 5.75 Å². The largest absolute Gasteiger partial charge is 0.496 e. The number of carbonyl (C=O) groups is 1. The van der Waals surface area contributed by atoms with Gasteiger partial charge in [-0.3, -0.25) is 0 Å². The molecule has 0 heterocycles. The number of aliphatic hydroxyl groups is 1. The summed E-state index contributed by atoms with van der Waals surface area (Å²) in [5.41, 5.74) is 0.767. The van der Waals surface area contributed by atoms with E-state index in [9.17, 15) is 14.3 Å². The standard InChI is InChI=1S/C12H15FO4/c1-4-8-9(11(14)12(15)17-3)5-7(13)6-10(8)16-2/h5-6,11,14H,4H2,1-3H3. The molecular formula is C12H15FO4. The summed E-state index contributed by atoms with van der Waals surface area (Å²) in [5.74, 6) is -1.09. The van der Waals surface area contributed by atoms with E-state index in [1.165, 1.54) is 13.2 Å². The second-order valence-electron chi connectivity index (χ2n) is 3.46. The zero-order chi connectivity index (χ0) is 13.0. The van der Waals surface area contributed by atoms with Crippen LogP contribution in [0.4, 0.5) is 4.39 Å². The molecule has 1 aromatic rings. The maximum atomic E-state index is 13.3. The molecule has 1 rings (SSSR count). The summed E-state index contributed by atoms with van der Waals surface area (Å²) < 4.78 is 22.8. The van der Waals surface area contributed by atoms with E-state index < -0.39 is 17.9 Å². The molecule has 5 heteroatoms. The third-order valence-corrected chi connectivity index (χ3v) is 2.50. The van der Waals surface area contributed by atoms with E-state index in [1.54, 1.807) is 0 Å². The SMILES string of the molecule is CCc1c(OC)cc(F)cc1C(O)C(=O)OC. The Balaban J connectivity index is 3.30. The van der Waals surface area contributed by atoms with Crippen molar-refractivity contribution in [1.82, 2.24) is 0 Å². The fraction of sp³-hybridized carbons (Fsp3) is 0.417. The summed E-state index contributed by atoms with van der Waals surface area (Å²) in [5, 5.41) is 9.75. The molecule has 0 saturated heterocycles. The van der Waals surface area contributed by atoms with Gasteiger partial charge in [-0.25, -0.2) is 9.18 Å². The van der Waals surface area contributed by atoms with Crippen molar-refractivity contribution in [3.63, 3.8) is 0 Å². The average Bonchev–Trinajstić information content (AvgIpc) is 2.35. The molecule has 1 atom stereocenters. The van der Waals surface area contributed by atoms with Crippen molar-refractivity contribution >= 4 is 5.97 Å². The first-order chi connectivity index (χ1) is 8.04. The van der Waals surface area contributed by atoms with Crippen LogP contribution in [0.15, 0.2) is 12.1 Å². The molecule has 4 nitrogen and oxygen atoms in total. The third-order valence-electron chi connectivity index (χ3n) is 2.50. The quantitative estimate of drug-likeness (QED) is 0.815. The highest BCUT2D eigenvalue weighted by Crippen LogP contribution is 2.29. The molecule has 0 aliphatic rings. The molecule has 17 heavy (non-hydrogen) atoms. The number of esters is 1. The Bertz CT molecular complexity index is 417. The molecular weight excluding hydrogens is 227 g/mol. The Hall–Kier alpha value is -1.62. The lowest BCUT2D eigenvalue weighted by Crippen LogP contribution is -2.16. The normalized spacial score (nSPS) is 12.1.